The first kappa shape index (κ1) is 20.4. The van der Waals surface area contributed by atoms with Gasteiger partial charge in [-0.2, -0.15) is 0 Å². The highest BCUT2D eigenvalue weighted by Crippen LogP contribution is 2.50. The molecule has 0 aliphatic carbocycles. The van der Waals surface area contributed by atoms with Crippen LogP contribution >= 0.6 is 0 Å². The van der Waals surface area contributed by atoms with Crippen LogP contribution in [0.1, 0.15) is 34.7 Å². The molecule has 4 aromatic carbocycles. The molecule has 5 nitrogen and oxygen atoms in total. The number of fused-ring (bicyclic) bond motifs is 3. The molecule has 0 saturated heterocycles. The molecule has 1 aliphatic rings. The minimum Gasteiger partial charge on any atom is -0.497 e. The van der Waals surface area contributed by atoms with Crippen LogP contribution in [-0.2, 0) is 0 Å². The number of hydrogen-bond acceptors (Lipinski definition) is 5. The fourth-order valence-electron chi connectivity index (χ4n) is 4.83. The van der Waals surface area contributed by atoms with E-state index in [1.165, 1.54) is 5.39 Å². The van der Waals surface area contributed by atoms with Crippen LogP contribution in [-0.4, -0.2) is 12.3 Å². The van der Waals surface area contributed by atoms with Gasteiger partial charge in [-0.3, -0.25) is 0 Å². The second-order valence-corrected chi connectivity index (χ2v) is 8.46. The smallest absolute Gasteiger partial charge is 0.200 e. The van der Waals surface area contributed by atoms with E-state index in [2.05, 4.69) is 76.8 Å². The highest BCUT2D eigenvalue weighted by molar-refractivity contribution is 5.89. The number of anilines is 1. The minimum atomic E-state index is -0.432. The third kappa shape index (κ3) is 3.37. The molecule has 1 aliphatic heterocycles. The molecule has 168 valence electrons. The number of methoxy groups -OCH3 is 1. The topological polar surface area (TPSA) is 47.7 Å². The van der Waals surface area contributed by atoms with Crippen molar-refractivity contribution >= 4 is 16.6 Å². The Morgan fingerprint density at radius 3 is 2.41 bits per heavy atom. The number of hydrogen-bond donors (Lipinski definition) is 0. The summed E-state index contributed by atoms with van der Waals surface area (Å²) in [5.41, 5.74) is 3.24. The zero-order chi connectivity index (χ0) is 23.1. The van der Waals surface area contributed by atoms with Gasteiger partial charge in [-0.25, -0.2) is 0 Å². The predicted molar refractivity (Wildman–Crippen MR) is 132 cm³/mol. The number of aromatic nitrogens is 1. The molecule has 2 atom stereocenters. The fraction of sp³-hybridized carbons (Fsp3) is 0.138. The Morgan fingerprint density at radius 2 is 1.62 bits per heavy atom. The first-order chi connectivity index (χ1) is 16.7. The lowest BCUT2D eigenvalue weighted by Crippen LogP contribution is -2.40. The lowest BCUT2D eigenvalue weighted by Gasteiger charge is -2.44. The highest BCUT2D eigenvalue weighted by Gasteiger charge is 2.40. The Labute approximate surface area is 198 Å². The largest absolute Gasteiger partial charge is 0.497 e. The van der Waals surface area contributed by atoms with Crippen LogP contribution < -0.4 is 14.4 Å². The number of benzene rings is 4. The van der Waals surface area contributed by atoms with Crippen molar-refractivity contribution in [2.75, 3.05) is 12.0 Å². The summed E-state index contributed by atoms with van der Waals surface area (Å²) in [6.45, 7) is 1.91. The quantitative estimate of drug-likeness (QED) is 0.301. The van der Waals surface area contributed by atoms with Gasteiger partial charge in [-0.15, -0.1) is 0 Å². The van der Waals surface area contributed by atoms with Crippen molar-refractivity contribution in [1.82, 2.24) is 5.16 Å². The van der Waals surface area contributed by atoms with E-state index in [0.29, 0.717) is 0 Å². The van der Waals surface area contributed by atoms with Gasteiger partial charge in [0.15, 0.2) is 5.82 Å². The summed E-state index contributed by atoms with van der Waals surface area (Å²) in [7, 11) is 1.67. The first-order valence-electron chi connectivity index (χ1n) is 11.3. The summed E-state index contributed by atoms with van der Waals surface area (Å²) in [6.07, 6.45) is -0.432. The van der Waals surface area contributed by atoms with Gasteiger partial charge < -0.3 is 18.9 Å². The monoisotopic (exact) mass is 448 g/mol. The molecule has 0 saturated carbocycles. The van der Waals surface area contributed by atoms with Crippen molar-refractivity contribution in [3.8, 4) is 11.5 Å². The maximum atomic E-state index is 6.74. The third-order valence-electron chi connectivity index (χ3n) is 6.35. The van der Waals surface area contributed by atoms with E-state index in [9.17, 15) is 0 Å². The Balaban J connectivity index is 1.65. The lowest BCUT2D eigenvalue weighted by molar-refractivity contribution is 0.168. The molecule has 5 aromatic rings. The van der Waals surface area contributed by atoms with E-state index in [4.69, 9.17) is 14.0 Å². The van der Waals surface area contributed by atoms with Gasteiger partial charge in [-0.1, -0.05) is 78.0 Å². The van der Waals surface area contributed by atoms with Crippen molar-refractivity contribution in [1.29, 1.82) is 0 Å². The SMILES string of the molecule is COc1cccc(C2Oc3ccc4ccccc4c3C(c3ccccc3)N2c2cc(C)on2)c1. The predicted octanol–water partition coefficient (Wildman–Crippen LogP) is 6.83. The van der Waals surface area contributed by atoms with E-state index in [-0.39, 0.29) is 6.04 Å². The van der Waals surface area contributed by atoms with Crippen LogP contribution in [0.25, 0.3) is 10.8 Å². The first-order valence-corrected chi connectivity index (χ1v) is 11.3. The zero-order valence-electron chi connectivity index (χ0n) is 19.0. The van der Waals surface area contributed by atoms with Gasteiger partial charge in [-0.05, 0) is 41.5 Å². The fourth-order valence-corrected chi connectivity index (χ4v) is 4.83. The number of nitrogens with zero attached hydrogens (tertiary/aromatic N) is 2. The summed E-state index contributed by atoms with van der Waals surface area (Å²) >= 11 is 0. The molecule has 0 radical (unpaired) electrons. The average molecular weight is 449 g/mol. The van der Waals surface area contributed by atoms with Crippen molar-refractivity contribution in [2.45, 2.75) is 19.2 Å². The minimum absolute atomic E-state index is 0.142. The molecule has 2 unspecified atom stereocenters. The maximum Gasteiger partial charge on any atom is 0.200 e. The molecule has 2 heterocycles. The third-order valence-corrected chi connectivity index (χ3v) is 6.35. The highest BCUT2D eigenvalue weighted by atomic mass is 16.5. The summed E-state index contributed by atoms with van der Waals surface area (Å²) < 4.78 is 17.8. The Bertz CT molecular complexity index is 1460. The van der Waals surface area contributed by atoms with E-state index in [1.54, 1.807) is 7.11 Å². The molecule has 34 heavy (non-hydrogen) atoms. The van der Waals surface area contributed by atoms with E-state index in [0.717, 1.165) is 45.2 Å². The summed E-state index contributed by atoms with van der Waals surface area (Å²) in [5, 5.41) is 6.75. The standard InChI is InChI=1S/C29H24N2O3/c1-19-17-26(30-34-19)31-28(21-10-4-3-5-11-21)27-24-14-7-6-9-20(24)15-16-25(27)33-29(31)22-12-8-13-23(18-22)32-2/h3-18,28-29H,1-2H3. The number of ether oxygens (including phenoxy) is 2. The molecule has 0 fully saturated rings. The van der Waals surface area contributed by atoms with Gasteiger partial charge in [0.2, 0.25) is 6.23 Å². The Kier molecular flexibility index (Phi) is 4.95. The number of rotatable bonds is 4. The molecule has 5 heteroatoms. The second-order valence-electron chi connectivity index (χ2n) is 8.46. The van der Waals surface area contributed by atoms with Crippen LogP contribution in [0, 0.1) is 6.92 Å². The molecule has 6 rings (SSSR count). The Morgan fingerprint density at radius 1 is 0.824 bits per heavy atom. The molecular formula is C29H24N2O3. The van der Waals surface area contributed by atoms with Crippen LogP contribution in [0.2, 0.25) is 0 Å². The molecule has 0 spiro atoms. The molecular weight excluding hydrogens is 424 g/mol. The van der Waals surface area contributed by atoms with Gasteiger partial charge in [0, 0.05) is 17.2 Å². The van der Waals surface area contributed by atoms with Crippen LogP contribution in [0.15, 0.2) is 102 Å². The summed E-state index contributed by atoms with van der Waals surface area (Å²) in [5.74, 6) is 3.10. The van der Waals surface area contributed by atoms with Crippen molar-refractivity contribution < 1.29 is 14.0 Å². The second kappa shape index (κ2) is 8.27. The molecule has 0 amide bonds. The maximum absolute atomic E-state index is 6.74. The van der Waals surface area contributed by atoms with Crippen LogP contribution in [0.3, 0.4) is 0 Å². The van der Waals surface area contributed by atoms with E-state index in [1.807, 2.05) is 37.3 Å². The van der Waals surface area contributed by atoms with Gasteiger partial charge in [0.1, 0.15) is 17.3 Å². The lowest BCUT2D eigenvalue weighted by atomic mass is 9.89. The van der Waals surface area contributed by atoms with Gasteiger partial charge in [0.05, 0.1) is 13.2 Å². The van der Waals surface area contributed by atoms with Gasteiger partial charge >= 0.3 is 0 Å². The zero-order valence-corrected chi connectivity index (χ0v) is 19.0. The summed E-state index contributed by atoms with van der Waals surface area (Å²) in [6, 6.07) is 32.9. The van der Waals surface area contributed by atoms with Crippen molar-refractivity contribution in [3.05, 3.63) is 120 Å². The Hall–Kier alpha value is -4.25. The molecule has 1 aromatic heterocycles. The van der Waals surface area contributed by atoms with Crippen LogP contribution in [0.5, 0.6) is 11.5 Å². The van der Waals surface area contributed by atoms with Crippen molar-refractivity contribution in [2.24, 2.45) is 0 Å². The molecule has 0 bridgehead atoms. The average Bonchev–Trinajstić information content (AvgIpc) is 3.33. The van der Waals surface area contributed by atoms with E-state index >= 15 is 0 Å². The number of aryl methyl sites for hydroxylation is 1. The van der Waals surface area contributed by atoms with E-state index < -0.39 is 6.23 Å². The normalized spacial score (nSPS) is 17.3. The van der Waals surface area contributed by atoms with Gasteiger partial charge in [0.25, 0.3) is 0 Å². The summed E-state index contributed by atoms with van der Waals surface area (Å²) in [4.78, 5) is 2.20. The van der Waals surface area contributed by atoms with Crippen LogP contribution in [0.4, 0.5) is 5.82 Å². The van der Waals surface area contributed by atoms with Crippen molar-refractivity contribution in [3.63, 3.8) is 0 Å². The molecule has 0 N–H and O–H groups in total.